The first kappa shape index (κ1) is 23.0. The summed E-state index contributed by atoms with van der Waals surface area (Å²) in [5.74, 6) is 0. The summed E-state index contributed by atoms with van der Waals surface area (Å²) < 4.78 is 26.6. The summed E-state index contributed by atoms with van der Waals surface area (Å²) in [6.45, 7) is 14.3. The average Bonchev–Trinajstić information content (AvgIpc) is 2.65. The van der Waals surface area contributed by atoms with Gasteiger partial charge < -0.3 is 33.9 Å². The first-order chi connectivity index (χ1) is 12.1. The van der Waals surface area contributed by atoms with Crippen molar-refractivity contribution in [3.05, 3.63) is 51.4 Å². The molecule has 0 aromatic rings. The van der Waals surface area contributed by atoms with Crippen molar-refractivity contribution in [2.75, 3.05) is 52.9 Å². The minimum atomic E-state index is -0.803. The molecule has 0 amide bonds. The van der Waals surface area contributed by atoms with Crippen LogP contribution in [0.2, 0.25) is 0 Å². The van der Waals surface area contributed by atoms with E-state index in [9.17, 15) is 10.2 Å². The number of hydrogen-bond donors (Lipinski definition) is 2. The number of ether oxygens (including phenoxy) is 5. The standard InChI is InChI=1S/C18H30O7/c1-5-21-11-17(9-19,12-22-6-2)15-25-16-18(10-20,13-23-7-3)14-24-8-4/h5-8,19-20H,1-4,9-16H2. The van der Waals surface area contributed by atoms with Crippen LogP contribution >= 0.6 is 0 Å². The van der Waals surface area contributed by atoms with Gasteiger partial charge in [-0.3, -0.25) is 0 Å². The third-order valence-corrected chi connectivity index (χ3v) is 3.52. The Morgan fingerprint density at radius 2 is 0.840 bits per heavy atom. The maximum absolute atomic E-state index is 9.77. The van der Waals surface area contributed by atoms with Crippen LogP contribution in [-0.2, 0) is 23.7 Å². The van der Waals surface area contributed by atoms with Gasteiger partial charge in [-0.05, 0) is 0 Å². The van der Waals surface area contributed by atoms with E-state index in [1.165, 1.54) is 25.0 Å². The Morgan fingerprint density at radius 3 is 1.04 bits per heavy atom. The average molecular weight is 358 g/mol. The zero-order valence-corrected chi connectivity index (χ0v) is 14.7. The van der Waals surface area contributed by atoms with Crippen molar-refractivity contribution in [3.8, 4) is 0 Å². The molecule has 0 aromatic carbocycles. The van der Waals surface area contributed by atoms with Crippen LogP contribution in [0.15, 0.2) is 51.4 Å². The Hall–Kier alpha value is -1.96. The second-order valence-corrected chi connectivity index (χ2v) is 5.72. The number of aliphatic hydroxyl groups excluding tert-OH is 2. The van der Waals surface area contributed by atoms with Gasteiger partial charge in [0.05, 0.1) is 62.3 Å². The lowest BCUT2D eigenvalue weighted by Gasteiger charge is -2.34. The lowest BCUT2D eigenvalue weighted by Crippen LogP contribution is -2.44. The Bertz CT molecular complexity index is 335. The fourth-order valence-electron chi connectivity index (χ4n) is 1.95. The molecular formula is C18H30O7. The van der Waals surface area contributed by atoms with E-state index < -0.39 is 10.8 Å². The molecule has 0 radical (unpaired) electrons. The summed E-state index contributed by atoms with van der Waals surface area (Å²) >= 11 is 0. The highest BCUT2D eigenvalue weighted by Crippen LogP contribution is 2.23. The van der Waals surface area contributed by atoms with E-state index in [-0.39, 0.29) is 52.9 Å². The Kier molecular flexibility index (Phi) is 12.3. The van der Waals surface area contributed by atoms with Gasteiger partial charge in [0, 0.05) is 0 Å². The van der Waals surface area contributed by atoms with Gasteiger partial charge in [0.15, 0.2) is 0 Å². The van der Waals surface area contributed by atoms with Crippen molar-refractivity contribution in [2.24, 2.45) is 10.8 Å². The minimum Gasteiger partial charge on any atom is -0.501 e. The molecule has 0 heterocycles. The fourth-order valence-corrected chi connectivity index (χ4v) is 1.95. The van der Waals surface area contributed by atoms with Gasteiger partial charge in [-0.15, -0.1) is 0 Å². The molecule has 0 aromatic heterocycles. The summed E-state index contributed by atoms with van der Waals surface area (Å²) in [7, 11) is 0. The van der Waals surface area contributed by atoms with Gasteiger partial charge in [-0.1, -0.05) is 26.3 Å². The molecule has 2 N–H and O–H groups in total. The molecule has 144 valence electrons. The monoisotopic (exact) mass is 358 g/mol. The maximum atomic E-state index is 9.77. The number of rotatable bonds is 18. The highest BCUT2D eigenvalue weighted by Gasteiger charge is 2.36. The molecule has 0 aliphatic heterocycles. The molecule has 0 saturated carbocycles. The summed E-state index contributed by atoms with van der Waals surface area (Å²) in [5.41, 5.74) is -1.61. The van der Waals surface area contributed by atoms with Crippen molar-refractivity contribution in [3.63, 3.8) is 0 Å². The molecule has 0 aliphatic carbocycles. The Balaban J connectivity index is 4.93. The normalized spacial score (nSPS) is 11.3. The molecule has 0 spiro atoms. The first-order valence-electron chi connectivity index (χ1n) is 7.77. The zero-order chi connectivity index (χ0) is 19.0. The van der Waals surface area contributed by atoms with Crippen LogP contribution in [0.5, 0.6) is 0 Å². The molecule has 0 saturated heterocycles. The molecule has 7 nitrogen and oxygen atoms in total. The minimum absolute atomic E-state index is 0.120. The lowest BCUT2D eigenvalue weighted by molar-refractivity contribution is -0.107. The van der Waals surface area contributed by atoms with Gasteiger partial charge >= 0.3 is 0 Å². The van der Waals surface area contributed by atoms with Gasteiger partial charge in [0.2, 0.25) is 0 Å². The SMILES string of the molecule is C=COCC(CO)(COC=C)COCC(CO)(COC=C)COC=C. The van der Waals surface area contributed by atoms with Crippen molar-refractivity contribution in [2.45, 2.75) is 0 Å². The number of hydrogen-bond acceptors (Lipinski definition) is 7. The Morgan fingerprint density at radius 1 is 0.560 bits per heavy atom. The van der Waals surface area contributed by atoms with E-state index in [2.05, 4.69) is 26.3 Å². The molecule has 0 bridgehead atoms. The summed E-state index contributed by atoms with van der Waals surface area (Å²) in [6, 6.07) is 0. The van der Waals surface area contributed by atoms with Crippen molar-refractivity contribution in [1.29, 1.82) is 0 Å². The largest absolute Gasteiger partial charge is 0.501 e. The van der Waals surface area contributed by atoms with Gasteiger partial charge in [-0.25, -0.2) is 0 Å². The van der Waals surface area contributed by atoms with Crippen LogP contribution < -0.4 is 0 Å². The highest BCUT2D eigenvalue weighted by atomic mass is 16.5. The predicted molar refractivity (Wildman–Crippen MR) is 94.5 cm³/mol. The number of aliphatic hydroxyl groups is 2. The topological polar surface area (TPSA) is 86.6 Å². The maximum Gasteiger partial charge on any atom is 0.101 e. The van der Waals surface area contributed by atoms with Crippen molar-refractivity contribution in [1.82, 2.24) is 0 Å². The lowest BCUT2D eigenvalue weighted by atomic mass is 9.90. The first-order valence-corrected chi connectivity index (χ1v) is 7.77. The molecule has 0 unspecified atom stereocenters. The van der Waals surface area contributed by atoms with Gasteiger partial charge in [-0.2, -0.15) is 0 Å². The highest BCUT2D eigenvalue weighted by molar-refractivity contribution is 4.83. The van der Waals surface area contributed by atoms with E-state index in [0.717, 1.165) is 0 Å². The van der Waals surface area contributed by atoms with E-state index in [0.29, 0.717) is 0 Å². The summed E-state index contributed by atoms with van der Waals surface area (Å²) in [6.07, 6.45) is 5.14. The second-order valence-electron chi connectivity index (χ2n) is 5.72. The van der Waals surface area contributed by atoms with Crippen LogP contribution in [0.3, 0.4) is 0 Å². The summed E-state index contributed by atoms with van der Waals surface area (Å²) in [4.78, 5) is 0. The van der Waals surface area contributed by atoms with Gasteiger partial charge in [0.25, 0.3) is 0 Å². The molecule has 25 heavy (non-hydrogen) atoms. The molecule has 0 rings (SSSR count). The fraction of sp³-hybridized carbons (Fsp3) is 0.556. The third kappa shape index (κ3) is 8.62. The molecule has 0 aliphatic rings. The van der Waals surface area contributed by atoms with E-state index >= 15 is 0 Å². The van der Waals surface area contributed by atoms with E-state index in [4.69, 9.17) is 23.7 Å². The molecule has 0 atom stereocenters. The smallest absolute Gasteiger partial charge is 0.101 e. The predicted octanol–water partition coefficient (Wildman–Crippen LogP) is 1.60. The van der Waals surface area contributed by atoms with Crippen molar-refractivity contribution >= 4 is 0 Å². The quantitative estimate of drug-likeness (QED) is 0.360. The van der Waals surface area contributed by atoms with Crippen LogP contribution in [0.25, 0.3) is 0 Å². The van der Waals surface area contributed by atoms with E-state index in [1.807, 2.05) is 0 Å². The molecular weight excluding hydrogens is 328 g/mol. The van der Waals surface area contributed by atoms with Crippen LogP contribution in [-0.4, -0.2) is 63.1 Å². The molecule has 0 fully saturated rings. The van der Waals surface area contributed by atoms with Crippen LogP contribution in [0.4, 0.5) is 0 Å². The summed E-state index contributed by atoms with van der Waals surface area (Å²) in [5, 5.41) is 19.5. The molecule has 7 heteroatoms. The Labute approximate surface area is 149 Å². The third-order valence-electron chi connectivity index (χ3n) is 3.52. The van der Waals surface area contributed by atoms with Crippen LogP contribution in [0, 0.1) is 10.8 Å². The van der Waals surface area contributed by atoms with E-state index in [1.54, 1.807) is 0 Å². The van der Waals surface area contributed by atoms with Crippen molar-refractivity contribution < 1.29 is 33.9 Å². The van der Waals surface area contributed by atoms with Gasteiger partial charge in [0.1, 0.15) is 26.4 Å². The van der Waals surface area contributed by atoms with Crippen LogP contribution in [0.1, 0.15) is 0 Å². The zero-order valence-electron chi connectivity index (χ0n) is 14.7. The second kappa shape index (κ2) is 13.3.